The van der Waals surface area contributed by atoms with Gasteiger partial charge in [0.15, 0.2) is 0 Å². The summed E-state index contributed by atoms with van der Waals surface area (Å²) in [5, 5.41) is 10.0. The van der Waals surface area contributed by atoms with E-state index in [-0.39, 0.29) is 6.61 Å². The standard InChI is InChI=1S/C15H15BrO2/c1-11-4-2-3-5-15(11)18-10-14(17)12-6-8-13(16)9-7-12/h2-9,14,17H,10H2,1H3. The van der Waals surface area contributed by atoms with Crippen molar-refractivity contribution in [2.45, 2.75) is 13.0 Å². The van der Waals surface area contributed by atoms with Gasteiger partial charge in [-0.25, -0.2) is 0 Å². The Morgan fingerprint density at radius 3 is 2.44 bits per heavy atom. The average Bonchev–Trinajstić information content (AvgIpc) is 2.38. The molecule has 0 spiro atoms. The Hall–Kier alpha value is -1.32. The lowest BCUT2D eigenvalue weighted by Crippen LogP contribution is -2.10. The molecular weight excluding hydrogens is 292 g/mol. The molecule has 0 saturated heterocycles. The number of halogens is 1. The highest BCUT2D eigenvalue weighted by molar-refractivity contribution is 9.10. The number of benzene rings is 2. The third-order valence-electron chi connectivity index (χ3n) is 2.75. The molecular formula is C15H15BrO2. The van der Waals surface area contributed by atoms with Crippen LogP contribution in [0.2, 0.25) is 0 Å². The summed E-state index contributed by atoms with van der Waals surface area (Å²) < 4.78 is 6.62. The molecule has 94 valence electrons. The van der Waals surface area contributed by atoms with Crippen LogP contribution in [0.1, 0.15) is 17.2 Å². The number of aliphatic hydroxyl groups is 1. The minimum atomic E-state index is -0.613. The van der Waals surface area contributed by atoms with Crippen molar-refractivity contribution in [3.63, 3.8) is 0 Å². The number of aryl methyl sites for hydroxylation is 1. The molecule has 0 aliphatic carbocycles. The maximum Gasteiger partial charge on any atom is 0.122 e. The maximum absolute atomic E-state index is 10.0. The lowest BCUT2D eigenvalue weighted by molar-refractivity contribution is 0.108. The molecule has 1 atom stereocenters. The van der Waals surface area contributed by atoms with E-state index in [2.05, 4.69) is 15.9 Å². The summed E-state index contributed by atoms with van der Waals surface area (Å²) in [5.74, 6) is 0.814. The van der Waals surface area contributed by atoms with Crippen LogP contribution in [-0.2, 0) is 0 Å². The van der Waals surface area contributed by atoms with Crippen LogP contribution >= 0.6 is 15.9 Å². The highest BCUT2D eigenvalue weighted by Crippen LogP contribution is 2.20. The van der Waals surface area contributed by atoms with Crippen molar-refractivity contribution in [3.8, 4) is 5.75 Å². The fourth-order valence-corrected chi connectivity index (χ4v) is 1.93. The summed E-state index contributed by atoms with van der Waals surface area (Å²) in [4.78, 5) is 0. The minimum Gasteiger partial charge on any atom is -0.490 e. The van der Waals surface area contributed by atoms with Gasteiger partial charge < -0.3 is 9.84 Å². The Bertz CT molecular complexity index is 508. The van der Waals surface area contributed by atoms with Crippen LogP contribution in [0.3, 0.4) is 0 Å². The van der Waals surface area contributed by atoms with E-state index in [0.29, 0.717) is 0 Å². The van der Waals surface area contributed by atoms with Crippen molar-refractivity contribution in [1.29, 1.82) is 0 Å². The Kier molecular flexibility index (Phi) is 4.39. The lowest BCUT2D eigenvalue weighted by Gasteiger charge is -2.14. The maximum atomic E-state index is 10.0. The number of ether oxygens (including phenoxy) is 1. The molecule has 1 unspecified atom stereocenters. The third-order valence-corrected chi connectivity index (χ3v) is 3.27. The molecule has 18 heavy (non-hydrogen) atoms. The Balaban J connectivity index is 1.98. The number of hydrogen-bond acceptors (Lipinski definition) is 2. The number of para-hydroxylation sites is 1. The van der Waals surface area contributed by atoms with Gasteiger partial charge in [-0.05, 0) is 36.2 Å². The van der Waals surface area contributed by atoms with Gasteiger partial charge in [0, 0.05) is 4.47 Å². The van der Waals surface area contributed by atoms with E-state index in [1.807, 2.05) is 55.5 Å². The first-order valence-corrected chi connectivity index (χ1v) is 6.58. The Labute approximate surface area is 115 Å². The number of rotatable bonds is 4. The van der Waals surface area contributed by atoms with E-state index in [1.165, 1.54) is 0 Å². The molecule has 0 heterocycles. The van der Waals surface area contributed by atoms with Gasteiger partial charge in [0.25, 0.3) is 0 Å². The fraction of sp³-hybridized carbons (Fsp3) is 0.200. The lowest BCUT2D eigenvalue weighted by atomic mass is 10.1. The monoisotopic (exact) mass is 306 g/mol. The van der Waals surface area contributed by atoms with Gasteiger partial charge in [0.2, 0.25) is 0 Å². The van der Waals surface area contributed by atoms with Crippen molar-refractivity contribution in [2.24, 2.45) is 0 Å². The van der Waals surface area contributed by atoms with Crippen LogP contribution in [0.15, 0.2) is 53.0 Å². The van der Waals surface area contributed by atoms with Gasteiger partial charge in [-0.15, -0.1) is 0 Å². The Morgan fingerprint density at radius 2 is 1.78 bits per heavy atom. The first-order chi connectivity index (χ1) is 8.66. The second kappa shape index (κ2) is 6.03. The topological polar surface area (TPSA) is 29.5 Å². The van der Waals surface area contributed by atoms with Crippen molar-refractivity contribution in [1.82, 2.24) is 0 Å². The molecule has 2 aromatic rings. The normalized spacial score (nSPS) is 12.2. The van der Waals surface area contributed by atoms with Crippen molar-refractivity contribution >= 4 is 15.9 Å². The van der Waals surface area contributed by atoms with Crippen molar-refractivity contribution in [2.75, 3.05) is 6.61 Å². The zero-order chi connectivity index (χ0) is 13.0. The van der Waals surface area contributed by atoms with Crippen LogP contribution in [0.4, 0.5) is 0 Å². The van der Waals surface area contributed by atoms with E-state index in [9.17, 15) is 5.11 Å². The largest absolute Gasteiger partial charge is 0.490 e. The van der Waals surface area contributed by atoms with E-state index in [0.717, 1.165) is 21.3 Å². The average molecular weight is 307 g/mol. The van der Waals surface area contributed by atoms with Crippen LogP contribution in [0.5, 0.6) is 5.75 Å². The molecule has 0 fully saturated rings. The number of hydrogen-bond donors (Lipinski definition) is 1. The molecule has 0 radical (unpaired) electrons. The second-order valence-electron chi connectivity index (χ2n) is 4.14. The summed E-state index contributed by atoms with van der Waals surface area (Å²) in [6.45, 7) is 2.24. The third kappa shape index (κ3) is 3.34. The Morgan fingerprint density at radius 1 is 1.11 bits per heavy atom. The smallest absolute Gasteiger partial charge is 0.122 e. The molecule has 0 aromatic heterocycles. The van der Waals surface area contributed by atoms with E-state index >= 15 is 0 Å². The summed E-state index contributed by atoms with van der Waals surface area (Å²) in [7, 11) is 0. The van der Waals surface area contributed by atoms with Gasteiger partial charge >= 0.3 is 0 Å². The first-order valence-electron chi connectivity index (χ1n) is 5.79. The van der Waals surface area contributed by atoms with Gasteiger partial charge in [0.05, 0.1) is 0 Å². The van der Waals surface area contributed by atoms with Crippen LogP contribution in [0, 0.1) is 6.92 Å². The first kappa shape index (κ1) is 13.1. The molecule has 2 aromatic carbocycles. The summed E-state index contributed by atoms with van der Waals surface area (Å²) >= 11 is 3.37. The van der Waals surface area contributed by atoms with Gasteiger partial charge in [0.1, 0.15) is 18.5 Å². The summed E-state index contributed by atoms with van der Waals surface area (Å²) in [6.07, 6.45) is -0.613. The quantitative estimate of drug-likeness (QED) is 0.929. The SMILES string of the molecule is Cc1ccccc1OCC(O)c1ccc(Br)cc1. The second-order valence-corrected chi connectivity index (χ2v) is 5.06. The van der Waals surface area contributed by atoms with E-state index in [1.54, 1.807) is 0 Å². The van der Waals surface area contributed by atoms with Gasteiger partial charge in [-0.2, -0.15) is 0 Å². The van der Waals surface area contributed by atoms with Gasteiger partial charge in [-0.1, -0.05) is 46.3 Å². The molecule has 0 aliphatic rings. The minimum absolute atomic E-state index is 0.256. The van der Waals surface area contributed by atoms with Crippen molar-refractivity contribution < 1.29 is 9.84 Å². The highest BCUT2D eigenvalue weighted by atomic mass is 79.9. The summed E-state index contributed by atoms with van der Waals surface area (Å²) in [6, 6.07) is 15.4. The zero-order valence-corrected chi connectivity index (χ0v) is 11.7. The van der Waals surface area contributed by atoms with Crippen molar-refractivity contribution in [3.05, 3.63) is 64.1 Å². The molecule has 0 aliphatic heterocycles. The molecule has 0 saturated carbocycles. The predicted octanol–water partition coefficient (Wildman–Crippen LogP) is 3.87. The van der Waals surface area contributed by atoms with E-state index < -0.39 is 6.10 Å². The summed E-state index contributed by atoms with van der Waals surface area (Å²) in [5.41, 5.74) is 1.92. The van der Waals surface area contributed by atoms with E-state index in [4.69, 9.17) is 4.74 Å². The van der Waals surface area contributed by atoms with Crippen LogP contribution in [-0.4, -0.2) is 11.7 Å². The molecule has 0 bridgehead atoms. The molecule has 0 amide bonds. The molecule has 2 rings (SSSR count). The van der Waals surface area contributed by atoms with Gasteiger partial charge in [-0.3, -0.25) is 0 Å². The number of aliphatic hydroxyl groups excluding tert-OH is 1. The van der Waals surface area contributed by atoms with Crippen LogP contribution < -0.4 is 4.74 Å². The van der Waals surface area contributed by atoms with Crippen LogP contribution in [0.25, 0.3) is 0 Å². The molecule has 2 nitrogen and oxygen atoms in total. The highest BCUT2D eigenvalue weighted by Gasteiger charge is 2.08. The molecule has 1 N–H and O–H groups in total. The molecule has 3 heteroatoms. The predicted molar refractivity (Wildman–Crippen MR) is 75.8 cm³/mol. The fourth-order valence-electron chi connectivity index (χ4n) is 1.67. The zero-order valence-electron chi connectivity index (χ0n) is 10.1.